The summed E-state index contributed by atoms with van der Waals surface area (Å²) in [5, 5.41) is 0. The molecular weight excluding hydrogens is 638 g/mol. The van der Waals surface area contributed by atoms with Gasteiger partial charge in [-0.2, -0.15) is 0 Å². The van der Waals surface area contributed by atoms with Crippen LogP contribution < -0.4 is 12.4 Å². The average Bonchev–Trinajstić information content (AvgIpc) is 3.09. The molecule has 0 unspecified atom stereocenters. The molecule has 0 rings (SSSR count). The van der Waals surface area contributed by atoms with Crippen LogP contribution in [-0.4, -0.2) is 32.2 Å². The molecule has 2 heteroatoms. The molecule has 0 aliphatic heterocycles. The predicted molar refractivity (Wildman–Crippen MR) is 232 cm³/mol. The van der Waals surface area contributed by atoms with Gasteiger partial charge < -0.3 is 16.9 Å². The van der Waals surface area contributed by atoms with Crippen molar-refractivity contribution >= 4 is 0 Å². The molecule has 0 fully saturated rings. The van der Waals surface area contributed by atoms with E-state index in [2.05, 4.69) is 28.1 Å². The van der Waals surface area contributed by atoms with Crippen LogP contribution in [0.15, 0.2) is 0 Å². The molecule has 1 nitrogen and oxygen atoms in total. The van der Waals surface area contributed by atoms with Crippen molar-refractivity contribution in [2.24, 2.45) is 0 Å². The molecular formula is C49H102ClN. The van der Waals surface area contributed by atoms with Gasteiger partial charge in [0, 0.05) is 0 Å². The van der Waals surface area contributed by atoms with Crippen LogP contribution in [0.1, 0.15) is 289 Å². The van der Waals surface area contributed by atoms with Crippen LogP contribution in [-0.2, 0) is 0 Å². The average molecular weight is 741 g/mol. The van der Waals surface area contributed by atoms with Crippen molar-refractivity contribution in [2.75, 3.05) is 27.7 Å². The smallest absolute Gasteiger partial charge is 0.0780 e. The third kappa shape index (κ3) is 52.4. The first kappa shape index (κ1) is 53.4. The summed E-state index contributed by atoms with van der Waals surface area (Å²) >= 11 is 0. The van der Waals surface area contributed by atoms with E-state index >= 15 is 0 Å². The molecule has 51 heavy (non-hydrogen) atoms. The van der Waals surface area contributed by atoms with Crippen LogP contribution in [0.5, 0.6) is 0 Å². The standard InChI is InChI=1S/C49H102N.ClH/c1-5-6-7-8-9-10-11-12-13-14-15-16-17-18-19-20-21-22-23-24-25-26-27-28-29-30-31-32-33-34-35-36-37-38-39-40-41-42-43-44-45-46-47-48-49-50(2,3)4;/h5-49H2,1-4H3;1H/q+1;/p-1. The Hall–Kier alpha value is 0.250. The van der Waals surface area contributed by atoms with E-state index in [4.69, 9.17) is 0 Å². The zero-order chi connectivity index (χ0) is 36.3. The fraction of sp³-hybridized carbons (Fsp3) is 1.00. The Labute approximate surface area is 332 Å². The summed E-state index contributed by atoms with van der Waals surface area (Å²) < 4.78 is 1.12. The minimum atomic E-state index is 0. The molecule has 0 aliphatic carbocycles. The lowest BCUT2D eigenvalue weighted by atomic mass is 10.0. The van der Waals surface area contributed by atoms with Crippen LogP contribution in [0.2, 0.25) is 0 Å². The summed E-state index contributed by atoms with van der Waals surface area (Å²) in [7, 11) is 6.94. The van der Waals surface area contributed by atoms with Gasteiger partial charge in [-0.3, -0.25) is 0 Å². The predicted octanol–water partition coefficient (Wildman–Crippen LogP) is 14.9. The van der Waals surface area contributed by atoms with E-state index < -0.39 is 0 Å². The summed E-state index contributed by atoms with van der Waals surface area (Å²) in [6.07, 6.45) is 65.3. The summed E-state index contributed by atoms with van der Waals surface area (Å²) in [5.41, 5.74) is 0. The maximum Gasteiger partial charge on any atom is 0.0780 e. The first-order valence-electron chi connectivity index (χ1n) is 24.4. The van der Waals surface area contributed by atoms with E-state index in [1.165, 1.54) is 289 Å². The molecule has 0 saturated heterocycles. The maximum atomic E-state index is 2.31. The fourth-order valence-electron chi connectivity index (χ4n) is 8.08. The molecule has 0 amide bonds. The van der Waals surface area contributed by atoms with Gasteiger partial charge in [0.05, 0.1) is 27.7 Å². The lowest BCUT2D eigenvalue weighted by Crippen LogP contribution is -3.00. The van der Waals surface area contributed by atoms with Gasteiger partial charge in [-0.15, -0.1) is 0 Å². The Bertz CT molecular complexity index is 583. The molecule has 0 spiro atoms. The Morgan fingerprint density at radius 3 is 0.431 bits per heavy atom. The monoisotopic (exact) mass is 740 g/mol. The first-order chi connectivity index (χ1) is 24.6. The second-order valence-corrected chi connectivity index (χ2v) is 18.2. The fourth-order valence-corrected chi connectivity index (χ4v) is 8.08. The highest BCUT2D eigenvalue weighted by molar-refractivity contribution is 4.54. The van der Waals surface area contributed by atoms with Gasteiger partial charge in [0.1, 0.15) is 0 Å². The van der Waals surface area contributed by atoms with Gasteiger partial charge >= 0.3 is 0 Å². The summed E-state index contributed by atoms with van der Waals surface area (Å²) in [5.74, 6) is 0. The Kier molecular flexibility index (Phi) is 48.5. The van der Waals surface area contributed by atoms with Crippen LogP contribution in [0, 0.1) is 0 Å². The minimum Gasteiger partial charge on any atom is -1.00 e. The highest BCUT2D eigenvalue weighted by Gasteiger charge is 2.05. The van der Waals surface area contributed by atoms with Crippen molar-refractivity contribution in [3.8, 4) is 0 Å². The maximum absolute atomic E-state index is 2.31. The van der Waals surface area contributed by atoms with Gasteiger partial charge in [-0.25, -0.2) is 0 Å². The van der Waals surface area contributed by atoms with Gasteiger partial charge in [-0.1, -0.05) is 277 Å². The van der Waals surface area contributed by atoms with Gasteiger partial charge in [0.2, 0.25) is 0 Å². The molecule has 0 bridgehead atoms. The first-order valence-corrected chi connectivity index (χ1v) is 24.4. The molecule has 0 heterocycles. The quantitative estimate of drug-likeness (QED) is 0.0431. The van der Waals surface area contributed by atoms with Crippen molar-refractivity contribution in [1.82, 2.24) is 0 Å². The van der Waals surface area contributed by atoms with Crippen molar-refractivity contribution in [3.05, 3.63) is 0 Å². The number of halogens is 1. The molecule has 0 aromatic heterocycles. The summed E-state index contributed by atoms with van der Waals surface area (Å²) in [6.45, 7) is 3.65. The van der Waals surface area contributed by atoms with Gasteiger partial charge in [-0.05, 0) is 12.8 Å². The zero-order valence-corrected chi connectivity index (χ0v) is 37.4. The summed E-state index contributed by atoms with van der Waals surface area (Å²) in [4.78, 5) is 0. The summed E-state index contributed by atoms with van der Waals surface area (Å²) in [6, 6.07) is 0. The molecule has 0 N–H and O–H groups in total. The van der Waals surface area contributed by atoms with Crippen molar-refractivity contribution in [1.29, 1.82) is 0 Å². The van der Waals surface area contributed by atoms with Crippen molar-refractivity contribution in [3.63, 3.8) is 0 Å². The number of rotatable bonds is 45. The van der Waals surface area contributed by atoms with E-state index in [1.54, 1.807) is 0 Å². The van der Waals surface area contributed by atoms with Crippen LogP contribution in [0.25, 0.3) is 0 Å². The molecule has 0 aromatic rings. The molecule has 0 saturated carbocycles. The molecule has 0 atom stereocenters. The molecule has 0 radical (unpaired) electrons. The number of nitrogens with zero attached hydrogens (tertiary/aromatic N) is 1. The highest BCUT2D eigenvalue weighted by Crippen LogP contribution is 2.18. The Morgan fingerprint density at radius 1 is 0.196 bits per heavy atom. The second kappa shape index (κ2) is 46.4. The third-order valence-electron chi connectivity index (χ3n) is 11.7. The topological polar surface area (TPSA) is 0 Å². The number of hydrogen-bond acceptors (Lipinski definition) is 0. The lowest BCUT2D eigenvalue weighted by molar-refractivity contribution is -0.870. The Morgan fingerprint density at radius 2 is 0.314 bits per heavy atom. The molecule has 310 valence electrons. The van der Waals surface area contributed by atoms with Crippen LogP contribution in [0.4, 0.5) is 0 Å². The van der Waals surface area contributed by atoms with Gasteiger partial charge in [0.15, 0.2) is 0 Å². The molecule has 0 aliphatic rings. The van der Waals surface area contributed by atoms with Crippen LogP contribution in [0.3, 0.4) is 0 Å². The number of hydrogen-bond donors (Lipinski definition) is 0. The third-order valence-corrected chi connectivity index (χ3v) is 11.7. The molecule has 0 aromatic carbocycles. The SMILES string of the molecule is CCCCCCCCCCCCCCCCCCCCCCCCCCCCCCCCCCCCCCCCCCCCCC[N+](C)(C)C.[Cl-]. The van der Waals surface area contributed by atoms with E-state index in [9.17, 15) is 0 Å². The number of quaternary nitrogens is 1. The van der Waals surface area contributed by atoms with E-state index in [0.29, 0.717) is 0 Å². The van der Waals surface area contributed by atoms with Crippen LogP contribution >= 0.6 is 0 Å². The number of unbranched alkanes of at least 4 members (excludes halogenated alkanes) is 43. The van der Waals surface area contributed by atoms with E-state index in [-0.39, 0.29) is 12.4 Å². The van der Waals surface area contributed by atoms with E-state index in [0.717, 1.165) is 4.48 Å². The minimum absolute atomic E-state index is 0. The van der Waals surface area contributed by atoms with E-state index in [1.807, 2.05) is 0 Å². The lowest BCUT2D eigenvalue weighted by Gasteiger charge is -2.23. The normalized spacial score (nSPS) is 11.8. The largest absolute Gasteiger partial charge is 1.00 e. The zero-order valence-electron chi connectivity index (χ0n) is 36.6. The van der Waals surface area contributed by atoms with Gasteiger partial charge in [0.25, 0.3) is 0 Å². The second-order valence-electron chi connectivity index (χ2n) is 18.2. The Balaban J connectivity index is 0. The van der Waals surface area contributed by atoms with Crippen molar-refractivity contribution in [2.45, 2.75) is 289 Å². The highest BCUT2D eigenvalue weighted by atomic mass is 35.5. The van der Waals surface area contributed by atoms with Crippen molar-refractivity contribution < 1.29 is 16.9 Å².